The number of ether oxygens (including phenoxy) is 1. The number of amides is 1. The number of carbonyl (C=O) groups is 1. The number of hydrogen-bond donors (Lipinski definition) is 1. The Kier molecular flexibility index (Phi) is 5.80. The highest BCUT2D eigenvalue weighted by Crippen LogP contribution is 2.22. The summed E-state index contributed by atoms with van der Waals surface area (Å²) < 4.78 is 6.40. The third kappa shape index (κ3) is 4.40. The lowest BCUT2D eigenvalue weighted by molar-refractivity contribution is -0.119. The van der Waals surface area contributed by atoms with Crippen LogP contribution in [0.5, 0.6) is 5.75 Å². The van der Waals surface area contributed by atoms with Gasteiger partial charge < -0.3 is 10.1 Å². The first-order chi connectivity index (χ1) is 13.4. The average Bonchev–Trinajstić information content (AvgIpc) is 2.67. The lowest BCUT2D eigenvalue weighted by Gasteiger charge is -2.15. The van der Waals surface area contributed by atoms with E-state index >= 15 is 0 Å². The number of methoxy groups -OCH3 is 1. The Balaban J connectivity index is 1.89. The van der Waals surface area contributed by atoms with Gasteiger partial charge >= 0.3 is 0 Å². The number of carbonyl (C=O) groups excluding carboxylic acids is 1. The van der Waals surface area contributed by atoms with E-state index in [1.807, 2.05) is 31.2 Å². The van der Waals surface area contributed by atoms with E-state index in [1.54, 1.807) is 38.3 Å². The van der Waals surface area contributed by atoms with Crippen LogP contribution in [0, 0.1) is 6.92 Å². The van der Waals surface area contributed by atoms with Crippen LogP contribution < -0.4 is 15.6 Å². The second-order valence-electron chi connectivity index (χ2n) is 6.42. The fraction of sp³-hybridized carbons (Fsp3) is 0.190. The summed E-state index contributed by atoms with van der Waals surface area (Å²) in [6, 6.07) is 14.8. The van der Waals surface area contributed by atoms with Gasteiger partial charge in [-0.2, -0.15) is 5.10 Å². The number of nitrogens with one attached hydrogen (secondary N) is 1. The van der Waals surface area contributed by atoms with Gasteiger partial charge in [0.1, 0.15) is 11.8 Å². The van der Waals surface area contributed by atoms with Gasteiger partial charge in [-0.05, 0) is 55.8 Å². The first kappa shape index (κ1) is 19.6. The van der Waals surface area contributed by atoms with Crippen molar-refractivity contribution in [3.05, 3.63) is 75.5 Å². The van der Waals surface area contributed by atoms with Gasteiger partial charge in [0.15, 0.2) is 0 Å². The first-order valence-electron chi connectivity index (χ1n) is 8.70. The molecule has 3 rings (SSSR count). The normalized spacial score (nSPS) is 11.7. The van der Waals surface area contributed by atoms with Crippen LogP contribution in [0.25, 0.3) is 11.3 Å². The minimum atomic E-state index is -0.808. The van der Waals surface area contributed by atoms with Crippen molar-refractivity contribution in [3.8, 4) is 17.0 Å². The Morgan fingerprint density at radius 2 is 1.96 bits per heavy atom. The molecule has 0 saturated carbocycles. The summed E-state index contributed by atoms with van der Waals surface area (Å²) in [6.07, 6.45) is 0. The number of benzene rings is 2. The molecule has 1 unspecified atom stereocenters. The van der Waals surface area contributed by atoms with Crippen LogP contribution in [0.3, 0.4) is 0 Å². The molecule has 28 heavy (non-hydrogen) atoms. The summed E-state index contributed by atoms with van der Waals surface area (Å²) >= 11 is 6.04. The minimum Gasteiger partial charge on any atom is -0.497 e. The van der Waals surface area contributed by atoms with Crippen LogP contribution in [0.15, 0.2) is 59.4 Å². The van der Waals surface area contributed by atoms with Crippen molar-refractivity contribution in [2.75, 3.05) is 12.4 Å². The predicted molar refractivity (Wildman–Crippen MR) is 110 cm³/mol. The Bertz CT molecular complexity index is 1060. The molecule has 0 radical (unpaired) electrons. The van der Waals surface area contributed by atoms with E-state index in [2.05, 4.69) is 10.4 Å². The number of anilines is 1. The Morgan fingerprint density at radius 1 is 1.18 bits per heavy atom. The van der Waals surface area contributed by atoms with Crippen LogP contribution in [0.4, 0.5) is 5.69 Å². The van der Waals surface area contributed by atoms with Gasteiger partial charge in [-0.25, -0.2) is 4.68 Å². The van der Waals surface area contributed by atoms with Crippen molar-refractivity contribution in [2.24, 2.45) is 0 Å². The summed E-state index contributed by atoms with van der Waals surface area (Å²) in [5.41, 5.74) is 2.48. The zero-order valence-corrected chi connectivity index (χ0v) is 16.5. The van der Waals surface area contributed by atoms with Crippen molar-refractivity contribution in [1.29, 1.82) is 0 Å². The van der Waals surface area contributed by atoms with Gasteiger partial charge in [0.05, 0.1) is 12.8 Å². The molecule has 1 N–H and O–H groups in total. The highest BCUT2D eigenvalue weighted by molar-refractivity contribution is 6.31. The van der Waals surface area contributed by atoms with E-state index < -0.39 is 6.04 Å². The maximum atomic E-state index is 12.7. The smallest absolute Gasteiger partial charge is 0.267 e. The Labute approximate surface area is 167 Å². The number of halogens is 1. The summed E-state index contributed by atoms with van der Waals surface area (Å²) in [4.78, 5) is 25.0. The van der Waals surface area contributed by atoms with Crippen molar-refractivity contribution >= 4 is 23.2 Å². The Morgan fingerprint density at radius 3 is 2.68 bits per heavy atom. The van der Waals surface area contributed by atoms with Crippen LogP contribution in [-0.2, 0) is 4.79 Å². The molecule has 6 nitrogen and oxygen atoms in total. The largest absolute Gasteiger partial charge is 0.497 e. The molecule has 0 aliphatic rings. The molecule has 1 heterocycles. The molecular formula is C21H20ClN3O3. The molecule has 0 aliphatic heterocycles. The lowest BCUT2D eigenvalue weighted by Crippen LogP contribution is -2.33. The van der Waals surface area contributed by atoms with E-state index in [4.69, 9.17) is 16.3 Å². The van der Waals surface area contributed by atoms with Crippen molar-refractivity contribution in [1.82, 2.24) is 9.78 Å². The fourth-order valence-electron chi connectivity index (χ4n) is 2.81. The van der Waals surface area contributed by atoms with Gasteiger partial charge in [0, 0.05) is 22.3 Å². The van der Waals surface area contributed by atoms with E-state index in [-0.39, 0.29) is 11.5 Å². The van der Waals surface area contributed by atoms with Gasteiger partial charge in [-0.1, -0.05) is 23.7 Å². The molecule has 0 saturated heterocycles. The molecule has 3 aromatic rings. The minimum absolute atomic E-state index is 0.362. The highest BCUT2D eigenvalue weighted by Gasteiger charge is 2.18. The second-order valence-corrected chi connectivity index (χ2v) is 6.85. The number of aromatic nitrogens is 2. The average molecular weight is 398 g/mol. The van der Waals surface area contributed by atoms with Crippen molar-refractivity contribution in [2.45, 2.75) is 19.9 Å². The first-order valence-corrected chi connectivity index (χ1v) is 9.07. The van der Waals surface area contributed by atoms with Crippen molar-refractivity contribution < 1.29 is 9.53 Å². The molecule has 1 aromatic heterocycles. The summed E-state index contributed by atoms with van der Waals surface area (Å²) in [7, 11) is 1.58. The standard InChI is InChI=1S/C21H20ClN3O3/c1-13-9-16(22)12-17(10-13)23-21(27)14(2)25-20(26)8-7-19(24-25)15-5-4-6-18(11-15)28-3/h4-12,14H,1-3H3,(H,23,27). The van der Waals surface area contributed by atoms with E-state index in [1.165, 1.54) is 10.7 Å². The number of aryl methyl sites for hydroxylation is 1. The van der Waals surface area contributed by atoms with E-state index in [0.717, 1.165) is 11.1 Å². The van der Waals surface area contributed by atoms with Crippen molar-refractivity contribution in [3.63, 3.8) is 0 Å². The molecule has 7 heteroatoms. The summed E-state index contributed by atoms with van der Waals surface area (Å²) in [5.74, 6) is 0.318. The molecule has 1 amide bonds. The number of rotatable bonds is 5. The maximum Gasteiger partial charge on any atom is 0.267 e. The molecule has 0 bridgehead atoms. The molecular weight excluding hydrogens is 378 g/mol. The zero-order valence-electron chi connectivity index (χ0n) is 15.8. The second kappa shape index (κ2) is 8.27. The van der Waals surface area contributed by atoms with Crippen LogP contribution in [0.1, 0.15) is 18.5 Å². The topological polar surface area (TPSA) is 73.2 Å². The molecule has 0 spiro atoms. The maximum absolute atomic E-state index is 12.7. The van der Waals surface area contributed by atoms with Gasteiger partial charge in [-0.3, -0.25) is 9.59 Å². The number of hydrogen-bond acceptors (Lipinski definition) is 4. The molecule has 0 aliphatic carbocycles. The third-order valence-corrected chi connectivity index (χ3v) is 4.46. The van der Waals surface area contributed by atoms with Crippen LogP contribution in [0.2, 0.25) is 5.02 Å². The lowest BCUT2D eigenvalue weighted by atomic mass is 10.1. The summed E-state index contributed by atoms with van der Waals surface area (Å²) in [5, 5.41) is 7.69. The third-order valence-electron chi connectivity index (χ3n) is 4.25. The fourth-order valence-corrected chi connectivity index (χ4v) is 3.10. The molecule has 1 atom stereocenters. The van der Waals surface area contributed by atoms with E-state index in [9.17, 15) is 9.59 Å². The van der Waals surface area contributed by atoms with Gasteiger partial charge in [-0.15, -0.1) is 0 Å². The van der Waals surface area contributed by atoms with Gasteiger partial charge in [0.25, 0.3) is 5.56 Å². The van der Waals surface area contributed by atoms with E-state index in [0.29, 0.717) is 22.2 Å². The Hall–Kier alpha value is -3.12. The monoisotopic (exact) mass is 397 g/mol. The van der Waals surface area contributed by atoms with Gasteiger partial charge in [0.2, 0.25) is 5.91 Å². The van der Waals surface area contributed by atoms with Crippen LogP contribution in [-0.4, -0.2) is 22.8 Å². The SMILES string of the molecule is COc1cccc(-c2ccc(=O)n(C(C)C(=O)Nc3cc(C)cc(Cl)c3)n2)c1. The molecule has 144 valence electrons. The van der Waals surface area contributed by atoms with Crippen LogP contribution >= 0.6 is 11.6 Å². The molecule has 2 aromatic carbocycles. The zero-order chi connectivity index (χ0) is 20.3. The molecule has 0 fully saturated rings. The number of nitrogens with zero attached hydrogens (tertiary/aromatic N) is 2. The highest BCUT2D eigenvalue weighted by atomic mass is 35.5. The quantitative estimate of drug-likeness (QED) is 0.704. The predicted octanol–water partition coefficient (Wildman–Crippen LogP) is 4.08. The summed E-state index contributed by atoms with van der Waals surface area (Å²) in [6.45, 7) is 3.51.